The summed E-state index contributed by atoms with van der Waals surface area (Å²) in [6.45, 7) is 0.223. The highest BCUT2D eigenvalue weighted by Crippen LogP contribution is 2.50. The van der Waals surface area contributed by atoms with E-state index >= 15 is 0 Å². The number of benzene rings is 2. The lowest BCUT2D eigenvalue weighted by atomic mass is 9.75. The first-order valence-electron chi connectivity index (χ1n) is 8.43. The summed E-state index contributed by atoms with van der Waals surface area (Å²) in [5.41, 5.74) is 4.76. The molecular formula is C20H16ClNO3. The third-order valence-corrected chi connectivity index (χ3v) is 5.45. The summed E-state index contributed by atoms with van der Waals surface area (Å²) in [4.78, 5) is 12.8. The quantitative estimate of drug-likeness (QED) is 0.811. The molecule has 1 N–H and O–H groups in total. The van der Waals surface area contributed by atoms with Gasteiger partial charge in [-0.2, -0.15) is 0 Å². The van der Waals surface area contributed by atoms with Gasteiger partial charge in [-0.25, -0.2) is 0 Å². The van der Waals surface area contributed by atoms with Gasteiger partial charge in [-0.05, 0) is 36.1 Å². The number of ether oxygens (including phenoxy) is 2. The average molecular weight is 354 g/mol. The van der Waals surface area contributed by atoms with Gasteiger partial charge in [0.15, 0.2) is 17.3 Å². The van der Waals surface area contributed by atoms with Crippen molar-refractivity contribution in [1.29, 1.82) is 0 Å². The van der Waals surface area contributed by atoms with Crippen molar-refractivity contribution in [2.24, 2.45) is 0 Å². The van der Waals surface area contributed by atoms with Crippen LogP contribution in [0.25, 0.3) is 0 Å². The zero-order valence-electron chi connectivity index (χ0n) is 13.5. The zero-order valence-corrected chi connectivity index (χ0v) is 14.2. The number of anilines is 1. The number of carbonyl (C=O) groups is 1. The number of hydrogen-bond donors (Lipinski definition) is 1. The molecule has 0 fully saturated rings. The Morgan fingerprint density at radius 2 is 1.84 bits per heavy atom. The zero-order chi connectivity index (χ0) is 17.0. The van der Waals surface area contributed by atoms with Gasteiger partial charge in [-0.15, -0.1) is 0 Å². The summed E-state index contributed by atoms with van der Waals surface area (Å²) in [5.74, 6) is 1.46. The number of Topliss-reactive ketones (excluding diaryl/α,β-unsaturated/α-hetero) is 1. The van der Waals surface area contributed by atoms with Crippen LogP contribution in [0.4, 0.5) is 5.69 Å². The lowest BCUT2D eigenvalue weighted by Gasteiger charge is -2.34. The Morgan fingerprint density at radius 3 is 2.68 bits per heavy atom. The average Bonchev–Trinajstić information content (AvgIpc) is 3.06. The Labute approximate surface area is 150 Å². The molecule has 0 radical (unpaired) electrons. The largest absolute Gasteiger partial charge is 0.454 e. The first kappa shape index (κ1) is 14.8. The summed E-state index contributed by atoms with van der Waals surface area (Å²) in [6.07, 6.45) is 2.33. The number of fused-ring (bicyclic) bond motifs is 2. The minimum absolute atomic E-state index is 0.178. The van der Waals surface area contributed by atoms with Crippen molar-refractivity contribution >= 4 is 23.1 Å². The molecule has 5 rings (SSSR count). The van der Waals surface area contributed by atoms with Gasteiger partial charge >= 0.3 is 0 Å². The third kappa shape index (κ3) is 2.24. The Morgan fingerprint density at radius 1 is 1.04 bits per heavy atom. The second-order valence-electron chi connectivity index (χ2n) is 6.54. The molecule has 1 atom stereocenters. The molecule has 0 aromatic heterocycles. The normalized spacial score (nSPS) is 20.8. The van der Waals surface area contributed by atoms with Crippen LogP contribution in [0.3, 0.4) is 0 Å². The van der Waals surface area contributed by atoms with E-state index in [0.29, 0.717) is 17.2 Å². The number of ketones is 1. The molecule has 5 heteroatoms. The molecule has 4 nitrogen and oxygen atoms in total. The van der Waals surface area contributed by atoms with Crippen molar-refractivity contribution in [2.45, 2.75) is 25.2 Å². The maximum atomic E-state index is 12.8. The topological polar surface area (TPSA) is 47.6 Å². The fourth-order valence-corrected chi connectivity index (χ4v) is 4.23. The number of rotatable bonds is 1. The van der Waals surface area contributed by atoms with Gasteiger partial charge in [-0.3, -0.25) is 4.79 Å². The second kappa shape index (κ2) is 5.53. The highest BCUT2D eigenvalue weighted by molar-refractivity contribution is 6.31. The van der Waals surface area contributed by atoms with Crippen molar-refractivity contribution in [3.05, 3.63) is 63.8 Å². The van der Waals surface area contributed by atoms with Crippen LogP contribution in [0.1, 0.15) is 36.3 Å². The maximum Gasteiger partial charge on any atom is 0.231 e. The minimum Gasteiger partial charge on any atom is -0.454 e. The van der Waals surface area contributed by atoms with Gasteiger partial charge in [0.05, 0.1) is 0 Å². The van der Waals surface area contributed by atoms with Crippen molar-refractivity contribution in [2.75, 3.05) is 12.1 Å². The Kier molecular flexibility index (Phi) is 3.28. The number of nitrogens with one attached hydrogen (secondary N) is 1. The lowest BCUT2D eigenvalue weighted by molar-refractivity contribution is -0.116. The molecule has 1 aliphatic carbocycles. The standard InChI is InChI=1S/C20H16ClNO3/c21-13-5-2-1-4-11(13)19-12-8-17-18(25-10-24-17)9-15(12)22-14-6-3-7-16(23)20(14)19/h1-2,4-5,8-9,19,22H,3,6-7,10H2/t19-/m0/s1. The smallest absolute Gasteiger partial charge is 0.231 e. The molecular weight excluding hydrogens is 338 g/mol. The van der Waals surface area contributed by atoms with Gasteiger partial charge in [0.1, 0.15) is 0 Å². The highest BCUT2D eigenvalue weighted by atomic mass is 35.5. The predicted molar refractivity (Wildman–Crippen MR) is 95.4 cm³/mol. The van der Waals surface area contributed by atoms with Gasteiger partial charge in [-0.1, -0.05) is 29.8 Å². The summed E-state index contributed by atoms with van der Waals surface area (Å²) in [6, 6.07) is 11.7. The van der Waals surface area contributed by atoms with E-state index in [4.69, 9.17) is 21.1 Å². The fraction of sp³-hybridized carbons (Fsp3) is 0.250. The first-order valence-corrected chi connectivity index (χ1v) is 8.81. The van der Waals surface area contributed by atoms with Crippen LogP contribution in [0, 0.1) is 0 Å². The SMILES string of the molecule is O=C1CCCC2=C1[C@@H](c1ccccc1Cl)c1cc3c(cc1N2)OCO3. The summed E-state index contributed by atoms with van der Waals surface area (Å²) >= 11 is 6.51. The Balaban J connectivity index is 1.77. The van der Waals surface area contributed by atoms with Crippen LogP contribution in [-0.4, -0.2) is 12.6 Å². The van der Waals surface area contributed by atoms with E-state index in [0.717, 1.165) is 46.7 Å². The molecule has 25 heavy (non-hydrogen) atoms. The van der Waals surface area contributed by atoms with Crippen LogP contribution in [0.2, 0.25) is 5.02 Å². The monoisotopic (exact) mass is 353 g/mol. The highest BCUT2D eigenvalue weighted by Gasteiger charge is 2.37. The van der Waals surface area contributed by atoms with E-state index in [9.17, 15) is 4.79 Å². The van der Waals surface area contributed by atoms with E-state index in [-0.39, 0.29) is 18.5 Å². The molecule has 0 bridgehead atoms. The molecule has 0 amide bonds. The Bertz CT molecular complexity index is 935. The van der Waals surface area contributed by atoms with E-state index in [1.807, 2.05) is 36.4 Å². The molecule has 0 spiro atoms. The molecule has 3 aliphatic rings. The summed E-state index contributed by atoms with van der Waals surface area (Å²) in [5, 5.41) is 4.13. The molecule has 2 aromatic carbocycles. The van der Waals surface area contributed by atoms with Crippen LogP contribution in [0.5, 0.6) is 11.5 Å². The van der Waals surface area contributed by atoms with Gasteiger partial charge < -0.3 is 14.8 Å². The summed E-state index contributed by atoms with van der Waals surface area (Å²) in [7, 11) is 0. The number of allylic oxidation sites excluding steroid dienone is 2. The van der Waals surface area contributed by atoms with Crippen LogP contribution in [-0.2, 0) is 4.79 Å². The molecule has 0 saturated heterocycles. The van der Waals surface area contributed by atoms with Crippen LogP contribution in [0.15, 0.2) is 47.7 Å². The van der Waals surface area contributed by atoms with E-state index in [2.05, 4.69) is 5.32 Å². The lowest BCUT2D eigenvalue weighted by Crippen LogP contribution is -2.27. The summed E-state index contributed by atoms with van der Waals surface area (Å²) < 4.78 is 11.1. The molecule has 0 unspecified atom stereocenters. The van der Waals surface area contributed by atoms with Gasteiger partial charge in [0, 0.05) is 40.4 Å². The first-order chi connectivity index (χ1) is 12.2. The van der Waals surface area contributed by atoms with Crippen LogP contribution < -0.4 is 14.8 Å². The van der Waals surface area contributed by atoms with E-state index in [1.54, 1.807) is 0 Å². The van der Waals surface area contributed by atoms with Crippen molar-refractivity contribution in [3.63, 3.8) is 0 Å². The Hall–Kier alpha value is -2.46. The minimum atomic E-state index is -0.178. The van der Waals surface area contributed by atoms with Crippen molar-refractivity contribution in [1.82, 2.24) is 0 Å². The molecule has 0 saturated carbocycles. The predicted octanol–water partition coefficient (Wildman–Crippen LogP) is 4.63. The second-order valence-corrected chi connectivity index (χ2v) is 6.95. The van der Waals surface area contributed by atoms with Crippen molar-refractivity contribution in [3.8, 4) is 11.5 Å². The van der Waals surface area contributed by atoms with E-state index < -0.39 is 0 Å². The fourth-order valence-electron chi connectivity index (χ4n) is 3.98. The maximum absolute atomic E-state index is 12.8. The van der Waals surface area contributed by atoms with E-state index in [1.165, 1.54) is 0 Å². The third-order valence-electron chi connectivity index (χ3n) is 5.10. The van der Waals surface area contributed by atoms with Gasteiger partial charge in [0.2, 0.25) is 6.79 Å². The number of halogens is 1. The van der Waals surface area contributed by atoms with Crippen LogP contribution >= 0.6 is 11.6 Å². The molecule has 2 heterocycles. The number of hydrogen-bond acceptors (Lipinski definition) is 4. The molecule has 2 aromatic rings. The molecule has 126 valence electrons. The number of carbonyl (C=O) groups excluding carboxylic acids is 1. The van der Waals surface area contributed by atoms with Gasteiger partial charge in [0.25, 0.3) is 0 Å². The van der Waals surface area contributed by atoms with Crippen molar-refractivity contribution < 1.29 is 14.3 Å². The molecule has 2 aliphatic heterocycles.